The van der Waals surface area contributed by atoms with Crippen molar-refractivity contribution < 1.29 is 93.6 Å². The Kier molecular flexibility index (Phi) is 24.3. The Labute approximate surface area is 450 Å². The summed E-state index contributed by atoms with van der Waals surface area (Å²) in [6.45, 7) is 3.80. The zero-order chi connectivity index (χ0) is 59.6. The van der Waals surface area contributed by atoms with E-state index in [1.165, 1.54) is 4.90 Å². The molecule has 1 aliphatic rings. The van der Waals surface area contributed by atoms with E-state index in [0.29, 0.717) is 11.3 Å². The Morgan fingerprint density at radius 3 is 1.95 bits per heavy atom. The number of aromatic nitrogens is 1. The summed E-state index contributed by atoms with van der Waals surface area (Å²) in [7, 11) is -3.99. The minimum absolute atomic E-state index is 0.0135. The molecule has 0 unspecified atom stereocenters. The van der Waals surface area contributed by atoms with E-state index in [2.05, 4.69) is 16.0 Å². The zero-order valence-electron chi connectivity index (χ0n) is 43.1. The minimum atomic E-state index is -5.08. The average Bonchev–Trinajstić information content (AvgIpc) is 3.94. The zero-order valence-corrected chi connectivity index (χ0v) is 43.9. The number of aliphatic hydroxyl groups excluding tert-OH is 1. The van der Waals surface area contributed by atoms with Crippen molar-refractivity contribution in [1.82, 2.24) is 25.4 Å². The SMILES string of the molecule is CC(C)(C)[C@H](c1cc(-c2cc(F)ccc2F)cn1Cc1ccccc1)N(CC[C@H](N)C(=O)NCCS(=O)(=O)CCNC(=O)[C@@H](CCC(=O)O)CC(=O)[C@H](CC(N)=O)NC(=O)CC1C(=O)C=CC1=O)C(=O)CO.O=C(O)C(F)(F)F. The van der Waals surface area contributed by atoms with Crippen LogP contribution in [0.1, 0.15) is 76.6 Å². The molecule has 1 aliphatic carbocycles. The van der Waals surface area contributed by atoms with E-state index in [0.717, 1.165) is 35.9 Å². The molecule has 0 aliphatic heterocycles. The second kappa shape index (κ2) is 29.3. The Morgan fingerprint density at radius 2 is 1.42 bits per heavy atom. The van der Waals surface area contributed by atoms with E-state index in [4.69, 9.17) is 21.4 Å². The number of alkyl halides is 3. The predicted octanol–water partition coefficient (Wildman–Crippen LogP) is 1.90. The third-order valence-corrected chi connectivity index (χ3v) is 13.7. The number of carboxylic acids is 2. The van der Waals surface area contributed by atoms with Crippen molar-refractivity contribution in [2.45, 2.75) is 90.1 Å². The van der Waals surface area contributed by atoms with Crippen LogP contribution in [0.2, 0.25) is 0 Å². The molecule has 1 aromatic heterocycles. The molecule has 4 atom stereocenters. The molecule has 0 saturated heterocycles. The maximum Gasteiger partial charge on any atom is 0.490 e. The summed E-state index contributed by atoms with van der Waals surface area (Å²) < 4.78 is 89.0. The first kappa shape index (κ1) is 65.6. The van der Waals surface area contributed by atoms with Gasteiger partial charge in [0, 0.05) is 74.4 Å². The predicted molar refractivity (Wildman–Crippen MR) is 270 cm³/mol. The van der Waals surface area contributed by atoms with Crippen molar-refractivity contribution in [2.24, 2.45) is 28.7 Å². The normalized spacial score (nSPS) is 14.3. The molecule has 79 heavy (non-hydrogen) atoms. The fraction of sp³-hybridized carbons (Fsp3) is 0.451. The van der Waals surface area contributed by atoms with E-state index < -0.39 is 185 Å². The van der Waals surface area contributed by atoms with Gasteiger partial charge in [-0.25, -0.2) is 22.0 Å². The van der Waals surface area contributed by atoms with Gasteiger partial charge >= 0.3 is 18.1 Å². The summed E-state index contributed by atoms with van der Waals surface area (Å²) in [5.41, 5.74) is 12.4. The molecule has 0 spiro atoms. The van der Waals surface area contributed by atoms with Crippen LogP contribution in [-0.2, 0) is 64.3 Å². The highest BCUT2D eigenvalue weighted by Gasteiger charge is 2.39. The highest BCUT2D eigenvalue weighted by atomic mass is 32.2. The lowest BCUT2D eigenvalue weighted by Crippen LogP contribution is -2.48. The fourth-order valence-corrected chi connectivity index (χ4v) is 9.21. The summed E-state index contributed by atoms with van der Waals surface area (Å²) >= 11 is 0. The van der Waals surface area contributed by atoms with Gasteiger partial charge in [0.25, 0.3) is 0 Å². The van der Waals surface area contributed by atoms with Gasteiger partial charge in [-0.3, -0.25) is 43.2 Å². The monoisotopic (exact) mass is 1140 g/mol. The van der Waals surface area contributed by atoms with Gasteiger partial charge in [0.1, 0.15) is 18.2 Å². The first-order chi connectivity index (χ1) is 36.7. The van der Waals surface area contributed by atoms with Crippen molar-refractivity contribution in [3.05, 3.63) is 95.8 Å². The quantitative estimate of drug-likeness (QED) is 0.0380. The van der Waals surface area contributed by atoms with Crippen molar-refractivity contribution in [3.63, 3.8) is 0 Å². The second-order valence-electron chi connectivity index (χ2n) is 19.3. The highest BCUT2D eigenvalue weighted by molar-refractivity contribution is 7.91. The van der Waals surface area contributed by atoms with Crippen LogP contribution in [0.3, 0.4) is 0 Å². The number of Topliss-reactive ketones (excluding diaryl/α,β-unsaturated/α-hetero) is 1. The maximum absolute atomic E-state index is 15.1. The lowest BCUT2D eigenvalue weighted by Gasteiger charge is -2.41. The number of nitrogens with zero attached hydrogens (tertiary/aromatic N) is 2. The fourth-order valence-electron chi connectivity index (χ4n) is 8.18. The molecule has 0 bridgehead atoms. The number of primary amides is 1. The standard InChI is InChI=1S/C49H61F2N7O13S.C2HF3O2/c1-49(2,3)46(38-21-31(33-23-32(50)10-11-35(33)51)27-57(38)26-29-7-5-4-6-8-29)58(44(65)28-59)18-15-36(52)48(69)55-17-20-72(70,71)19-16-54-47(68)30(9-14-45(66)67)22-41(62)37(25-42(53)63)56-43(64)24-34-39(60)12-13-40(34)61;3-2(4,5)1(6)7/h4-8,10-13,21,23,27,30,34,36-37,46,59H,9,14-20,22,24-26,28,52H2,1-3H3,(H2,53,63)(H,54,68)(H,55,69)(H,56,64)(H,66,67);(H,6,7)/t30-,36-,37-,46-;/m0./s1. The van der Waals surface area contributed by atoms with Gasteiger partial charge in [0.15, 0.2) is 27.2 Å². The van der Waals surface area contributed by atoms with Crippen LogP contribution in [0, 0.1) is 28.9 Å². The number of aliphatic carboxylic acids is 2. The Morgan fingerprint density at radius 1 is 0.835 bits per heavy atom. The van der Waals surface area contributed by atoms with Crippen LogP contribution in [-0.4, -0.2) is 148 Å². The number of allylic oxidation sites excluding steroid dienone is 2. The number of hydrogen-bond acceptors (Lipinski definition) is 14. The van der Waals surface area contributed by atoms with Crippen LogP contribution in [0.15, 0.2) is 72.9 Å². The Hall–Kier alpha value is -7.72. The van der Waals surface area contributed by atoms with Crippen molar-refractivity contribution >= 4 is 68.7 Å². The van der Waals surface area contributed by atoms with Crippen molar-refractivity contribution in [1.29, 1.82) is 0 Å². The molecule has 28 heteroatoms. The van der Waals surface area contributed by atoms with E-state index in [1.54, 1.807) is 12.3 Å². The summed E-state index contributed by atoms with van der Waals surface area (Å²) in [5, 5.41) is 33.6. The lowest BCUT2D eigenvalue weighted by atomic mass is 9.82. The molecule has 432 valence electrons. The molecule has 22 nitrogen and oxygen atoms in total. The molecule has 10 N–H and O–H groups in total. The number of benzene rings is 2. The largest absolute Gasteiger partial charge is 0.490 e. The van der Waals surface area contributed by atoms with Gasteiger partial charge in [-0.15, -0.1) is 0 Å². The molecular weight excluding hydrogens is 1080 g/mol. The number of nitrogens with one attached hydrogen (secondary N) is 3. The highest BCUT2D eigenvalue weighted by Crippen LogP contribution is 2.41. The molecule has 0 radical (unpaired) electrons. The number of carbonyl (C=O) groups is 10. The number of aliphatic hydroxyl groups is 1. The number of carboxylic acid groups (broad SMARTS) is 2. The van der Waals surface area contributed by atoms with E-state index in [1.807, 2.05) is 55.7 Å². The lowest BCUT2D eigenvalue weighted by molar-refractivity contribution is -0.192. The number of halogens is 5. The number of hydrogen-bond donors (Lipinski definition) is 8. The molecule has 5 amide bonds. The minimum Gasteiger partial charge on any atom is -0.481 e. The van der Waals surface area contributed by atoms with Gasteiger partial charge in [-0.2, -0.15) is 13.2 Å². The summed E-state index contributed by atoms with van der Waals surface area (Å²) in [6, 6.07) is 10.3. The van der Waals surface area contributed by atoms with E-state index >= 15 is 4.39 Å². The van der Waals surface area contributed by atoms with Gasteiger partial charge in [-0.05, 0) is 60.2 Å². The molecular formula is C51H62F5N7O15S. The number of ketones is 3. The topological polar surface area (TPSA) is 362 Å². The van der Waals surface area contributed by atoms with Gasteiger partial charge in [0.2, 0.25) is 29.5 Å². The molecule has 3 aromatic rings. The number of rotatable bonds is 28. The second-order valence-corrected chi connectivity index (χ2v) is 21.6. The first-order valence-electron chi connectivity index (χ1n) is 24.2. The van der Waals surface area contributed by atoms with Crippen LogP contribution < -0.4 is 27.4 Å². The number of nitrogens with two attached hydrogens (primary N) is 2. The summed E-state index contributed by atoms with van der Waals surface area (Å²) in [4.78, 5) is 123. The van der Waals surface area contributed by atoms with Gasteiger partial charge in [-0.1, -0.05) is 51.1 Å². The summed E-state index contributed by atoms with van der Waals surface area (Å²) in [5.74, 6) is -15.9. The van der Waals surface area contributed by atoms with Gasteiger partial charge in [0.05, 0.1) is 42.0 Å². The van der Waals surface area contributed by atoms with Gasteiger partial charge < -0.3 is 52.2 Å². The number of carbonyl (C=O) groups excluding carboxylic acids is 8. The van der Waals surface area contributed by atoms with Crippen molar-refractivity contribution in [3.8, 4) is 11.1 Å². The average molecular weight is 1140 g/mol. The van der Waals surface area contributed by atoms with Crippen LogP contribution in [0.5, 0.6) is 0 Å². The Bertz CT molecular complexity index is 2860. The van der Waals surface area contributed by atoms with Crippen LogP contribution >= 0.6 is 0 Å². The molecule has 0 saturated carbocycles. The number of sulfone groups is 1. The van der Waals surface area contributed by atoms with Crippen molar-refractivity contribution in [2.75, 3.05) is 37.7 Å². The van der Waals surface area contributed by atoms with E-state index in [9.17, 15) is 79.3 Å². The van der Waals surface area contributed by atoms with Crippen LogP contribution in [0.25, 0.3) is 11.1 Å². The molecule has 1 heterocycles. The Balaban J connectivity index is 0.00000219. The smallest absolute Gasteiger partial charge is 0.481 e. The molecule has 2 aromatic carbocycles. The summed E-state index contributed by atoms with van der Waals surface area (Å²) in [6.07, 6.45) is -4.65. The third-order valence-electron chi connectivity index (χ3n) is 12.1. The molecule has 0 fully saturated rings. The third kappa shape index (κ3) is 21.2. The van der Waals surface area contributed by atoms with Crippen LogP contribution in [0.4, 0.5) is 22.0 Å². The first-order valence-corrected chi connectivity index (χ1v) is 26.1. The maximum atomic E-state index is 15.1. The number of amides is 5. The van der Waals surface area contributed by atoms with E-state index in [-0.39, 0.29) is 25.1 Å². The molecule has 4 rings (SSSR count).